The van der Waals surface area contributed by atoms with Gasteiger partial charge < -0.3 is 10.0 Å². The minimum atomic E-state index is -0.198. The van der Waals surface area contributed by atoms with Gasteiger partial charge in [0.25, 0.3) is 5.56 Å². The van der Waals surface area contributed by atoms with Crippen molar-refractivity contribution in [1.82, 2.24) is 20.0 Å². The summed E-state index contributed by atoms with van der Waals surface area (Å²) < 4.78 is 1.27. The van der Waals surface area contributed by atoms with Crippen LogP contribution in [0.5, 0.6) is 5.75 Å². The number of aromatic nitrogens is 4. The van der Waals surface area contributed by atoms with Crippen molar-refractivity contribution in [2.24, 2.45) is 17.9 Å². The molecule has 1 N–H and O–H groups in total. The summed E-state index contributed by atoms with van der Waals surface area (Å²) in [6, 6.07) is 11.2. The molecular formula is C27H33N5O2. The summed E-state index contributed by atoms with van der Waals surface area (Å²) in [5, 5.41) is 23.7. The van der Waals surface area contributed by atoms with Gasteiger partial charge >= 0.3 is 0 Å². The maximum Gasteiger partial charge on any atom is 0.267 e. The van der Waals surface area contributed by atoms with E-state index in [0.717, 1.165) is 11.4 Å². The molecule has 2 bridgehead atoms. The number of fused-ring (bicyclic) bond motifs is 2. The highest BCUT2D eigenvalue weighted by atomic mass is 16.3. The molecule has 2 aromatic heterocycles. The normalized spacial score (nSPS) is 26.3. The van der Waals surface area contributed by atoms with Gasteiger partial charge in [-0.2, -0.15) is 5.10 Å². The molecule has 178 valence electrons. The summed E-state index contributed by atoms with van der Waals surface area (Å²) in [5.41, 5.74) is 3.24. The summed E-state index contributed by atoms with van der Waals surface area (Å²) >= 11 is 0. The zero-order chi connectivity index (χ0) is 24.1. The van der Waals surface area contributed by atoms with Gasteiger partial charge in [0.2, 0.25) is 0 Å². The van der Waals surface area contributed by atoms with Crippen molar-refractivity contribution >= 4 is 5.82 Å². The molecule has 0 aliphatic heterocycles. The SMILES string of the molecule is CN(c1ccc(-c2ccc(-c3cnn(C)c(=O)c3)cc2O)nn1)C1C[C@]2(C)CCC[C@](C)(C1)C2. The van der Waals surface area contributed by atoms with E-state index in [1.165, 1.54) is 49.3 Å². The number of benzene rings is 1. The second-order valence-corrected chi connectivity index (χ2v) is 11.0. The fraction of sp³-hybridized carbons (Fsp3) is 0.481. The molecule has 1 unspecified atom stereocenters. The first kappa shape index (κ1) is 22.6. The molecule has 34 heavy (non-hydrogen) atoms. The quantitative estimate of drug-likeness (QED) is 0.604. The lowest BCUT2D eigenvalue weighted by Gasteiger charge is -2.54. The monoisotopic (exact) mass is 459 g/mol. The van der Waals surface area contributed by atoms with E-state index >= 15 is 0 Å². The number of anilines is 1. The topological polar surface area (TPSA) is 84.1 Å². The lowest BCUT2D eigenvalue weighted by Crippen LogP contribution is -2.49. The van der Waals surface area contributed by atoms with E-state index in [1.54, 1.807) is 25.4 Å². The average molecular weight is 460 g/mol. The van der Waals surface area contributed by atoms with Crippen LogP contribution in [-0.4, -0.2) is 38.2 Å². The number of phenols is 1. The van der Waals surface area contributed by atoms with Crippen LogP contribution in [0, 0.1) is 10.8 Å². The van der Waals surface area contributed by atoms with Crippen LogP contribution in [-0.2, 0) is 7.05 Å². The van der Waals surface area contributed by atoms with Crippen LogP contribution < -0.4 is 10.5 Å². The van der Waals surface area contributed by atoms with Crippen molar-refractivity contribution < 1.29 is 5.11 Å². The molecule has 5 rings (SSSR count). The van der Waals surface area contributed by atoms with Crippen LogP contribution in [0.3, 0.4) is 0 Å². The number of hydrogen-bond acceptors (Lipinski definition) is 6. The van der Waals surface area contributed by atoms with Crippen molar-refractivity contribution in [2.75, 3.05) is 11.9 Å². The van der Waals surface area contributed by atoms with E-state index < -0.39 is 0 Å². The molecule has 2 fully saturated rings. The molecule has 2 aliphatic rings. The molecule has 1 aromatic carbocycles. The number of nitrogens with zero attached hydrogens (tertiary/aromatic N) is 5. The molecule has 2 saturated carbocycles. The van der Waals surface area contributed by atoms with Crippen LogP contribution in [0.1, 0.15) is 52.4 Å². The molecule has 2 heterocycles. The molecule has 3 aromatic rings. The Balaban J connectivity index is 1.36. The fourth-order valence-electron chi connectivity index (χ4n) is 6.38. The zero-order valence-corrected chi connectivity index (χ0v) is 20.5. The highest BCUT2D eigenvalue weighted by Gasteiger charge is 2.47. The second-order valence-electron chi connectivity index (χ2n) is 11.0. The van der Waals surface area contributed by atoms with Gasteiger partial charge in [0.15, 0.2) is 5.82 Å². The molecule has 7 nitrogen and oxygen atoms in total. The van der Waals surface area contributed by atoms with E-state index in [0.29, 0.717) is 33.7 Å². The van der Waals surface area contributed by atoms with E-state index in [9.17, 15) is 9.90 Å². The number of hydrogen-bond donors (Lipinski definition) is 1. The summed E-state index contributed by atoms with van der Waals surface area (Å²) in [6.45, 7) is 4.91. The van der Waals surface area contributed by atoms with Crippen LogP contribution in [0.2, 0.25) is 0 Å². The van der Waals surface area contributed by atoms with Crippen molar-refractivity contribution in [1.29, 1.82) is 0 Å². The summed E-state index contributed by atoms with van der Waals surface area (Å²) in [5.74, 6) is 0.956. The van der Waals surface area contributed by atoms with Gasteiger partial charge in [-0.1, -0.05) is 26.3 Å². The Morgan fingerprint density at radius 2 is 1.76 bits per heavy atom. The number of phenolic OH excluding ortho intramolecular Hbond substituents is 1. The molecule has 2 aliphatic carbocycles. The Hall–Kier alpha value is -3.22. The van der Waals surface area contributed by atoms with E-state index in [-0.39, 0.29) is 11.3 Å². The maximum absolute atomic E-state index is 11.9. The van der Waals surface area contributed by atoms with Gasteiger partial charge in [0.1, 0.15) is 5.75 Å². The maximum atomic E-state index is 11.9. The zero-order valence-electron chi connectivity index (χ0n) is 20.5. The summed E-state index contributed by atoms with van der Waals surface area (Å²) in [7, 11) is 3.74. The lowest BCUT2D eigenvalue weighted by molar-refractivity contribution is 0.0141. The Morgan fingerprint density at radius 3 is 2.38 bits per heavy atom. The predicted molar refractivity (Wildman–Crippen MR) is 134 cm³/mol. The molecule has 0 radical (unpaired) electrons. The summed E-state index contributed by atoms with van der Waals surface area (Å²) in [4.78, 5) is 14.2. The molecule has 0 saturated heterocycles. The molecule has 7 heteroatoms. The fourth-order valence-corrected chi connectivity index (χ4v) is 6.38. The lowest BCUT2D eigenvalue weighted by atomic mass is 9.55. The molecule has 0 amide bonds. The van der Waals surface area contributed by atoms with Crippen LogP contribution in [0.4, 0.5) is 5.82 Å². The Kier molecular flexibility index (Phi) is 5.46. The third-order valence-corrected chi connectivity index (χ3v) is 8.01. The van der Waals surface area contributed by atoms with Gasteiger partial charge in [-0.15, -0.1) is 10.2 Å². The highest BCUT2D eigenvalue weighted by molar-refractivity contribution is 5.74. The predicted octanol–water partition coefficient (Wildman–Crippen LogP) is 4.80. The van der Waals surface area contributed by atoms with Crippen LogP contribution in [0.25, 0.3) is 22.4 Å². The minimum Gasteiger partial charge on any atom is -0.507 e. The van der Waals surface area contributed by atoms with Gasteiger partial charge in [-0.05, 0) is 72.8 Å². The van der Waals surface area contributed by atoms with Gasteiger partial charge in [-0.3, -0.25) is 4.79 Å². The Labute approximate surface area is 200 Å². The first-order chi connectivity index (χ1) is 16.1. The molecule has 0 spiro atoms. The van der Waals surface area contributed by atoms with Gasteiger partial charge in [-0.25, -0.2) is 4.68 Å². The highest BCUT2D eigenvalue weighted by Crippen LogP contribution is 2.56. The van der Waals surface area contributed by atoms with Crippen molar-refractivity contribution in [3.8, 4) is 28.1 Å². The Bertz CT molecular complexity index is 1250. The number of aryl methyl sites for hydroxylation is 1. The summed E-state index contributed by atoms with van der Waals surface area (Å²) in [6.07, 6.45) is 9.32. The first-order valence-electron chi connectivity index (χ1n) is 12.1. The minimum absolute atomic E-state index is 0.0922. The smallest absolute Gasteiger partial charge is 0.267 e. The standard InChI is InChI=1S/C27H33N5O2/c1-26-10-5-11-27(2,17-26)15-20(14-26)31(3)24-9-8-22(29-30-24)21-7-6-18(12-23(21)33)19-13-25(34)32(4)28-16-19/h6-9,12-13,16,20,33H,5,10-11,14-15,17H2,1-4H3/t20?,26-,27+. The molecular weight excluding hydrogens is 426 g/mol. The molecule has 3 atom stereocenters. The number of aromatic hydroxyl groups is 1. The largest absolute Gasteiger partial charge is 0.507 e. The first-order valence-corrected chi connectivity index (χ1v) is 12.1. The van der Waals surface area contributed by atoms with Crippen molar-refractivity contribution in [3.63, 3.8) is 0 Å². The third kappa shape index (κ3) is 4.19. The third-order valence-electron chi connectivity index (χ3n) is 8.01. The number of rotatable bonds is 4. The van der Waals surface area contributed by atoms with Crippen molar-refractivity contribution in [2.45, 2.75) is 58.4 Å². The van der Waals surface area contributed by atoms with Crippen molar-refractivity contribution in [3.05, 3.63) is 52.9 Å². The van der Waals surface area contributed by atoms with Gasteiger partial charge in [0.05, 0.1) is 11.9 Å². The van der Waals surface area contributed by atoms with Gasteiger partial charge in [0, 0.05) is 37.3 Å². The van der Waals surface area contributed by atoms with E-state index in [4.69, 9.17) is 0 Å². The van der Waals surface area contributed by atoms with E-state index in [1.807, 2.05) is 18.2 Å². The average Bonchev–Trinajstić information content (AvgIpc) is 2.79. The van der Waals surface area contributed by atoms with Crippen LogP contribution in [0.15, 0.2) is 47.4 Å². The Morgan fingerprint density at radius 1 is 1.03 bits per heavy atom. The second kappa shape index (κ2) is 8.22. The van der Waals surface area contributed by atoms with E-state index in [2.05, 4.69) is 41.1 Å². The van der Waals surface area contributed by atoms with Crippen LogP contribution >= 0.6 is 0 Å².